The first-order valence-electron chi connectivity index (χ1n) is 10.4. The Bertz CT molecular complexity index is 1390. The number of benzene rings is 2. The van der Waals surface area contributed by atoms with Crippen molar-refractivity contribution in [2.75, 3.05) is 6.54 Å². The van der Waals surface area contributed by atoms with Crippen LogP contribution < -0.4 is 0 Å². The fourth-order valence-corrected chi connectivity index (χ4v) is 6.45. The molecule has 2 aromatic carbocycles. The average Bonchev–Trinajstić information content (AvgIpc) is 3.42. The summed E-state index contributed by atoms with van der Waals surface area (Å²) in [5.74, 6) is 0. The predicted molar refractivity (Wildman–Crippen MR) is 121 cm³/mol. The third-order valence-electron chi connectivity index (χ3n) is 5.66. The van der Waals surface area contributed by atoms with E-state index in [0.717, 1.165) is 40.1 Å². The predicted octanol–water partition coefficient (Wildman–Crippen LogP) is 5.48. The first-order valence-corrected chi connectivity index (χ1v) is 12.8. The first-order chi connectivity index (χ1) is 15.7. The summed E-state index contributed by atoms with van der Waals surface area (Å²) in [7, 11) is -4.05. The zero-order valence-electron chi connectivity index (χ0n) is 17.4. The quantitative estimate of drug-likeness (QED) is 0.344. The van der Waals surface area contributed by atoms with Crippen LogP contribution in [0.5, 0.6) is 0 Å². The van der Waals surface area contributed by atoms with Crippen molar-refractivity contribution >= 4 is 26.3 Å². The van der Waals surface area contributed by atoms with E-state index in [1.165, 1.54) is 21.7 Å². The molecule has 10 heteroatoms. The normalized spacial score (nSPS) is 14.9. The van der Waals surface area contributed by atoms with E-state index >= 15 is 0 Å². The summed E-state index contributed by atoms with van der Waals surface area (Å²) in [6.07, 6.45) is -0.824. The topological polar surface area (TPSA) is 54.7 Å². The second-order valence-corrected chi connectivity index (χ2v) is 10.7. The molecule has 5 nitrogen and oxygen atoms in total. The molecular formula is C23H20F3N3O2S2. The molecule has 0 unspecified atom stereocenters. The zero-order chi connectivity index (χ0) is 23.2. The van der Waals surface area contributed by atoms with Crippen LogP contribution in [0.3, 0.4) is 0 Å². The third kappa shape index (κ3) is 4.42. The van der Waals surface area contributed by atoms with Gasteiger partial charge in [0.1, 0.15) is 0 Å². The maximum absolute atomic E-state index is 13.2. The van der Waals surface area contributed by atoms with Crippen LogP contribution in [-0.2, 0) is 22.6 Å². The van der Waals surface area contributed by atoms with E-state index in [-0.39, 0.29) is 17.5 Å². The number of fused-ring (bicyclic) bond motifs is 1. The fraction of sp³-hybridized carbons (Fsp3) is 0.261. The van der Waals surface area contributed by atoms with Gasteiger partial charge in [-0.15, -0.1) is 11.3 Å². The standard InChI is InChI=1S/C23H20F3N3O2S2/c24-23(25,26)17-7-4-8-20(13-17)33(30,31)29(18-9-10-18)12-11-19-15-32-22-27-21(14-28(19)22)16-5-2-1-3-6-16/h1-8,13-15,18H,9-12H2. The zero-order valence-corrected chi connectivity index (χ0v) is 19.0. The van der Waals surface area contributed by atoms with Gasteiger partial charge in [0.2, 0.25) is 10.0 Å². The van der Waals surface area contributed by atoms with Gasteiger partial charge in [0, 0.05) is 41.8 Å². The van der Waals surface area contributed by atoms with Gasteiger partial charge in [-0.1, -0.05) is 36.4 Å². The Morgan fingerprint density at radius 3 is 2.55 bits per heavy atom. The molecular weight excluding hydrogens is 471 g/mol. The molecule has 1 saturated carbocycles. The van der Waals surface area contributed by atoms with Gasteiger partial charge in [0.15, 0.2) is 4.96 Å². The van der Waals surface area contributed by atoms with Crippen molar-refractivity contribution in [1.29, 1.82) is 0 Å². The Morgan fingerprint density at radius 1 is 1.09 bits per heavy atom. The van der Waals surface area contributed by atoms with Crippen LogP contribution in [-0.4, -0.2) is 34.7 Å². The average molecular weight is 492 g/mol. The Labute approximate surface area is 193 Å². The van der Waals surface area contributed by atoms with Gasteiger partial charge in [-0.2, -0.15) is 17.5 Å². The Balaban J connectivity index is 1.40. The highest BCUT2D eigenvalue weighted by molar-refractivity contribution is 7.89. The lowest BCUT2D eigenvalue weighted by molar-refractivity contribution is -0.137. The van der Waals surface area contributed by atoms with Crippen molar-refractivity contribution in [2.45, 2.75) is 36.4 Å². The number of aromatic nitrogens is 2. The van der Waals surface area contributed by atoms with Crippen LogP contribution >= 0.6 is 11.3 Å². The van der Waals surface area contributed by atoms with Crippen LogP contribution in [0.2, 0.25) is 0 Å². The maximum atomic E-state index is 13.2. The smallest absolute Gasteiger partial charge is 0.294 e. The maximum Gasteiger partial charge on any atom is 0.416 e. The van der Waals surface area contributed by atoms with Gasteiger partial charge < -0.3 is 0 Å². The SMILES string of the molecule is O=S(=O)(c1cccc(C(F)(F)F)c1)N(CCc1csc2nc(-c3ccccc3)cn12)C1CC1. The van der Waals surface area contributed by atoms with Gasteiger partial charge in [0.05, 0.1) is 16.2 Å². The van der Waals surface area contributed by atoms with Crippen LogP contribution in [0.4, 0.5) is 13.2 Å². The number of rotatable bonds is 7. The lowest BCUT2D eigenvalue weighted by Crippen LogP contribution is -2.35. The number of imidazole rings is 1. The molecule has 172 valence electrons. The van der Waals surface area contributed by atoms with Gasteiger partial charge in [-0.25, -0.2) is 13.4 Å². The number of sulfonamides is 1. The summed E-state index contributed by atoms with van der Waals surface area (Å²) in [6.45, 7) is 0.188. The molecule has 0 saturated heterocycles. The van der Waals surface area contributed by atoms with Crippen molar-refractivity contribution < 1.29 is 21.6 Å². The van der Waals surface area contributed by atoms with E-state index in [1.807, 2.05) is 46.3 Å². The van der Waals surface area contributed by atoms with Crippen molar-refractivity contribution in [2.24, 2.45) is 0 Å². The summed E-state index contributed by atoms with van der Waals surface area (Å²) in [4.78, 5) is 5.13. The molecule has 5 rings (SSSR count). The Hall–Kier alpha value is -2.69. The van der Waals surface area contributed by atoms with Crippen molar-refractivity contribution in [3.8, 4) is 11.3 Å². The van der Waals surface area contributed by atoms with Gasteiger partial charge in [-0.05, 0) is 31.0 Å². The molecule has 4 aromatic rings. The van der Waals surface area contributed by atoms with E-state index in [0.29, 0.717) is 19.3 Å². The second-order valence-electron chi connectivity index (χ2n) is 7.99. The number of nitrogens with zero attached hydrogens (tertiary/aromatic N) is 3. The van der Waals surface area contributed by atoms with Crippen molar-refractivity contribution in [1.82, 2.24) is 13.7 Å². The molecule has 0 bridgehead atoms. The van der Waals surface area contributed by atoms with E-state index in [2.05, 4.69) is 4.98 Å². The molecule has 2 aromatic heterocycles. The molecule has 1 aliphatic rings. The second kappa shape index (κ2) is 8.27. The number of hydrogen-bond donors (Lipinski definition) is 0. The minimum Gasteiger partial charge on any atom is -0.294 e. The van der Waals surface area contributed by atoms with E-state index in [1.54, 1.807) is 0 Å². The third-order valence-corrected chi connectivity index (χ3v) is 8.50. The molecule has 33 heavy (non-hydrogen) atoms. The Morgan fingerprint density at radius 2 is 1.85 bits per heavy atom. The first kappa shape index (κ1) is 22.1. The molecule has 0 aliphatic heterocycles. The number of halogens is 3. The van der Waals surface area contributed by atoms with Crippen LogP contribution in [0.1, 0.15) is 24.1 Å². The highest BCUT2D eigenvalue weighted by Crippen LogP contribution is 2.35. The van der Waals surface area contributed by atoms with Crippen molar-refractivity contribution in [3.63, 3.8) is 0 Å². The van der Waals surface area contributed by atoms with Crippen LogP contribution in [0.25, 0.3) is 16.2 Å². The fourth-order valence-electron chi connectivity index (χ4n) is 3.81. The van der Waals surface area contributed by atoms with Gasteiger partial charge in [0.25, 0.3) is 0 Å². The number of hydrogen-bond acceptors (Lipinski definition) is 4. The summed E-state index contributed by atoms with van der Waals surface area (Å²) in [5, 5.41) is 1.94. The van der Waals surface area contributed by atoms with Gasteiger partial charge in [-0.3, -0.25) is 4.40 Å². The number of thiazole rings is 1. The van der Waals surface area contributed by atoms with Gasteiger partial charge >= 0.3 is 6.18 Å². The van der Waals surface area contributed by atoms with E-state index < -0.39 is 21.8 Å². The highest BCUT2D eigenvalue weighted by atomic mass is 32.2. The lowest BCUT2D eigenvalue weighted by Gasteiger charge is -2.22. The molecule has 1 aliphatic carbocycles. The molecule has 0 spiro atoms. The Kier molecular flexibility index (Phi) is 5.54. The van der Waals surface area contributed by atoms with Crippen LogP contribution in [0.15, 0.2) is 71.1 Å². The molecule has 0 N–H and O–H groups in total. The summed E-state index contributed by atoms with van der Waals surface area (Å²) in [5.41, 5.74) is 1.77. The minimum absolute atomic E-state index is 0.179. The highest BCUT2D eigenvalue weighted by Gasteiger charge is 2.39. The van der Waals surface area contributed by atoms with E-state index in [9.17, 15) is 21.6 Å². The molecule has 0 atom stereocenters. The monoisotopic (exact) mass is 491 g/mol. The molecule has 2 heterocycles. The van der Waals surface area contributed by atoms with E-state index in [4.69, 9.17) is 0 Å². The summed E-state index contributed by atoms with van der Waals surface area (Å²) in [6, 6.07) is 13.6. The largest absolute Gasteiger partial charge is 0.416 e. The summed E-state index contributed by atoms with van der Waals surface area (Å²) >= 11 is 1.47. The number of alkyl halides is 3. The van der Waals surface area contributed by atoms with Crippen LogP contribution in [0, 0.1) is 0 Å². The molecule has 0 radical (unpaired) electrons. The summed E-state index contributed by atoms with van der Waals surface area (Å²) < 4.78 is 69.2. The van der Waals surface area contributed by atoms with Crippen molar-refractivity contribution in [3.05, 3.63) is 77.4 Å². The minimum atomic E-state index is -4.60. The lowest BCUT2D eigenvalue weighted by atomic mass is 10.2. The molecule has 0 amide bonds. The molecule has 1 fully saturated rings.